The summed E-state index contributed by atoms with van der Waals surface area (Å²) < 4.78 is 0. The van der Waals surface area contributed by atoms with Crippen LogP contribution in [0.4, 0.5) is 4.70 Å². The molecule has 0 heterocycles. The van der Waals surface area contributed by atoms with Gasteiger partial charge in [0.2, 0.25) is 0 Å². The maximum absolute atomic E-state index is 0. The summed E-state index contributed by atoms with van der Waals surface area (Å²) in [4.78, 5) is 0. The largest absolute Gasteiger partial charge is 0.0149 e. The molecule has 38 valence electrons. The zero-order chi connectivity index (χ0) is 0. The maximum atomic E-state index is 0. The van der Waals surface area contributed by atoms with Gasteiger partial charge in [0.1, 0.15) is 0 Å². The Kier molecular flexibility index (Phi) is 710. The van der Waals surface area contributed by atoms with Crippen LogP contribution in [0, 0.1) is 0 Å². The summed E-state index contributed by atoms with van der Waals surface area (Å²) in [6.07, 6.45) is 0. The molecule has 0 spiro atoms. The van der Waals surface area contributed by atoms with Gasteiger partial charge in [-0.2, -0.15) is 9.90 Å². The Bertz CT molecular complexity index is 11.6. The summed E-state index contributed by atoms with van der Waals surface area (Å²) in [5, 5.41) is 0. The Morgan fingerprint density at radius 1 is 1.00 bits per heavy atom. The van der Waals surface area contributed by atoms with Gasteiger partial charge < -0.3 is 0 Å². The predicted octanol–water partition coefficient (Wildman–Crippen LogP) is -3.07. The second-order valence-electron chi connectivity index (χ2n) is 0. The smallest absolute Gasteiger partial charge is 0.0149 e. The third-order valence-corrected chi connectivity index (χ3v) is 0. The second kappa shape index (κ2) is 45.2. The van der Waals surface area contributed by atoms with Crippen molar-refractivity contribution in [1.82, 2.24) is 0 Å². The normalized spacial score (nSPS) is 0. The molecule has 0 N–H and O–H groups in total. The van der Waals surface area contributed by atoms with E-state index in [2.05, 4.69) is 0 Å². The molecule has 0 aromatic carbocycles. The predicted molar refractivity (Wildman–Crippen MR) is 42.0 cm³/mol. The number of halogens is 1. The molecule has 0 aliphatic heterocycles. The van der Waals surface area contributed by atoms with E-state index in [-0.39, 0.29) is 60.2 Å². The van der Waals surface area contributed by atoms with Crippen molar-refractivity contribution >= 4 is 55.5 Å². The molecule has 2 radical (unpaired) electrons. The minimum absolute atomic E-state index is 0. The molecule has 0 bridgehead atoms. The van der Waals surface area contributed by atoms with Gasteiger partial charge in [0.05, 0.1) is 0 Å². The zero-order valence-corrected chi connectivity index (χ0v) is 8.80. The average Bonchev–Trinajstić information content (AvgIpc) is 0. The molecule has 0 aliphatic carbocycles. The third-order valence-electron chi connectivity index (χ3n) is 0. The van der Waals surface area contributed by atoms with Gasteiger partial charge in [0.25, 0.3) is 0 Å². The number of rotatable bonds is 0. The van der Waals surface area contributed by atoms with E-state index in [1.807, 2.05) is 0 Å². The molecule has 0 nitrogen and oxygen atoms in total. The van der Waals surface area contributed by atoms with Crippen molar-refractivity contribution in [1.29, 1.82) is 0 Å². The van der Waals surface area contributed by atoms with Crippen LogP contribution in [-0.2, 0) is 0 Å². The van der Waals surface area contributed by atoms with Crippen molar-refractivity contribution in [3.63, 3.8) is 0 Å². The molecule has 5 heavy (non-hydrogen) atoms. The van der Waals surface area contributed by atoms with Crippen LogP contribution >= 0.6 is 9.90 Å². The summed E-state index contributed by atoms with van der Waals surface area (Å²) in [7, 11) is 0. The van der Waals surface area contributed by atoms with Gasteiger partial charge in [0, 0.05) is 0 Å². The fourth-order valence-electron chi connectivity index (χ4n) is 0. The van der Waals surface area contributed by atoms with Gasteiger partial charge in [0.15, 0.2) is 0 Å². The molecule has 0 fully saturated rings. The van der Waals surface area contributed by atoms with Crippen LogP contribution in [-0.4, -0.2) is 45.6 Å². The fraction of sp³-hybridized carbons (Fsp3) is 0. The van der Waals surface area contributed by atoms with E-state index in [1.54, 1.807) is 0 Å². The summed E-state index contributed by atoms with van der Waals surface area (Å²) in [6, 6.07) is 0. The Hall–Kier alpha value is 1.64. The maximum Gasteiger partial charge on any atom is -0.0149 e. The first-order chi connectivity index (χ1) is 0. The molecule has 1 unspecified atom stereocenters. The molecule has 0 saturated carbocycles. The summed E-state index contributed by atoms with van der Waals surface area (Å²) >= 11 is 0. The molecule has 1 atom stereocenters. The zero-order valence-electron chi connectivity index (χ0n) is 2.32. The minimum atomic E-state index is 0. The van der Waals surface area contributed by atoms with E-state index in [0.29, 0.717) is 0 Å². The van der Waals surface area contributed by atoms with Crippen LogP contribution in [0.25, 0.3) is 0 Å². The van der Waals surface area contributed by atoms with Gasteiger partial charge in [-0.15, -0.1) is 0 Å². The topological polar surface area (TPSA) is 0 Å². The SMILES string of the molecule is F.P.[GeH2].[SeH2].[SiH4]. The van der Waals surface area contributed by atoms with E-state index in [1.165, 1.54) is 0 Å². The average molecular weight is 242 g/mol. The van der Waals surface area contributed by atoms with E-state index in [4.69, 9.17) is 0 Å². The summed E-state index contributed by atoms with van der Waals surface area (Å²) in [6.45, 7) is 0. The van der Waals surface area contributed by atoms with Gasteiger partial charge in [-0.05, 0) is 11.0 Å². The van der Waals surface area contributed by atoms with E-state index in [9.17, 15) is 0 Å². The van der Waals surface area contributed by atoms with Gasteiger partial charge in [-0.3, -0.25) is 4.70 Å². The number of hydrogen-bond donors (Lipinski definition) is 0. The third kappa shape index (κ3) is 27.8. The van der Waals surface area contributed by atoms with Crippen LogP contribution < -0.4 is 0 Å². The van der Waals surface area contributed by atoms with Crippen molar-refractivity contribution < 1.29 is 4.70 Å². The van der Waals surface area contributed by atoms with Crippen molar-refractivity contribution in [3.05, 3.63) is 0 Å². The molecule has 0 aromatic rings. The van der Waals surface area contributed by atoms with Crippen LogP contribution in [0.3, 0.4) is 0 Å². The van der Waals surface area contributed by atoms with Crippen LogP contribution in [0.2, 0.25) is 0 Å². The number of hydrogen-bond acceptors (Lipinski definition) is 0. The molecule has 0 saturated heterocycles. The van der Waals surface area contributed by atoms with E-state index >= 15 is 0 Å². The first-order valence-electron chi connectivity index (χ1n) is 0. The van der Waals surface area contributed by atoms with Crippen LogP contribution in [0.5, 0.6) is 0 Å². The molecular formula is H12FGePSeSi. The Morgan fingerprint density at radius 3 is 1.00 bits per heavy atom. The Morgan fingerprint density at radius 2 is 1.00 bits per heavy atom. The van der Waals surface area contributed by atoms with Crippen LogP contribution in [0.1, 0.15) is 0 Å². The first kappa shape index (κ1) is 78.6. The first-order valence-corrected chi connectivity index (χ1v) is 0. The van der Waals surface area contributed by atoms with Crippen LogP contribution in [0.15, 0.2) is 0 Å². The Balaban J connectivity index is 0. The second-order valence-corrected chi connectivity index (χ2v) is 0. The van der Waals surface area contributed by atoms with E-state index in [0.717, 1.165) is 0 Å². The van der Waals surface area contributed by atoms with Gasteiger partial charge >= 0.3 is 34.7 Å². The quantitative estimate of drug-likeness (QED) is 0.312. The molecule has 0 aliphatic rings. The van der Waals surface area contributed by atoms with Crippen molar-refractivity contribution in [2.75, 3.05) is 0 Å². The molecule has 0 aromatic heterocycles. The Labute approximate surface area is 60.3 Å². The fourth-order valence-corrected chi connectivity index (χ4v) is 0. The van der Waals surface area contributed by atoms with Crippen molar-refractivity contribution in [2.24, 2.45) is 0 Å². The molecule has 0 rings (SSSR count). The summed E-state index contributed by atoms with van der Waals surface area (Å²) in [5.41, 5.74) is 0. The molecular weight excluding hydrogens is 230 g/mol. The monoisotopic (exact) mass is 244 g/mol. The van der Waals surface area contributed by atoms with E-state index < -0.39 is 0 Å². The van der Waals surface area contributed by atoms with Gasteiger partial charge in [-0.1, -0.05) is 0 Å². The minimum Gasteiger partial charge on any atom is -0.0149 e. The van der Waals surface area contributed by atoms with Crippen molar-refractivity contribution in [2.45, 2.75) is 0 Å². The standard InChI is InChI=1S/FH.GeH2.H3P.H2Se.H4Si/h1H;1H2;1H3;1H2;1H4. The molecule has 5 heteroatoms. The molecule has 0 amide bonds. The van der Waals surface area contributed by atoms with Crippen molar-refractivity contribution in [3.8, 4) is 0 Å². The summed E-state index contributed by atoms with van der Waals surface area (Å²) in [5.74, 6) is 0. The van der Waals surface area contributed by atoms with Gasteiger partial charge in [-0.25, -0.2) is 0 Å².